The Labute approximate surface area is 141 Å². The van der Waals surface area contributed by atoms with Gasteiger partial charge in [-0.2, -0.15) is 0 Å². The van der Waals surface area contributed by atoms with Crippen LogP contribution in [-0.4, -0.2) is 30.1 Å². The summed E-state index contributed by atoms with van der Waals surface area (Å²) in [5.41, 5.74) is 0. The van der Waals surface area contributed by atoms with E-state index in [0.717, 1.165) is 38.5 Å². The van der Waals surface area contributed by atoms with Crippen LogP contribution < -0.4 is 0 Å². The van der Waals surface area contributed by atoms with Crippen LogP contribution in [0.4, 0.5) is 4.79 Å². The van der Waals surface area contributed by atoms with Gasteiger partial charge in [-0.3, -0.25) is 0 Å². The van der Waals surface area contributed by atoms with Gasteiger partial charge in [-0.25, -0.2) is 4.79 Å². The summed E-state index contributed by atoms with van der Waals surface area (Å²) < 4.78 is 10.6. The highest BCUT2D eigenvalue weighted by molar-refractivity contribution is 5.62. The summed E-state index contributed by atoms with van der Waals surface area (Å²) in [7, 11) is 0. The maximum Gasteiger partial charge on any atom is 0.509 e. The average molecular weight is 328 g/mol. The van der Waals surface area contributed by atoms with E-state index in [1.807, 2.05) is 0 Å². The molecule has 0 spiro atoms. The molecule has 0 bridgehead atoms. The third-order valence-electron chi connectivity index (χ3n) is 4.65. The minimum atomic E-state index is -0.478. The molecular weight excluding hydrogens is 292 g/mol. The summed E-state index contributed by atoms with van der Waals surface area (Å²) in [6, 6.07) is 0. The largest absolute Gasteiger partial charge is 0.509 e. The van der Waals surface area contributed by atoms with Crippen molar-refractivity contribution >= 4 is 6.16 Å². The SMILES string of the molecule is CCCCCCCCC1OC(=O)OC1CCCCCCCCO. The fourth-order valence-corrected chi connectivity index (χ4v) is 3.21. The number of aliphatic hydroxyl groups is 1. The molecule has 1 saturated heterocycles. The number of carbonyl (C=O) groups is 1. The van der Waals surface area contributed by atoms with Crippen LogP contribution in [-0.2, 0) is 9.47 Å². The Balaban J connectivity index is 2.06. The van der Waals surface area contributed by atoms with Crippen LogP contribution in [0.3, 0.4) is 0 Å². The molecule has 0 amide bonds. The number of unbranched alkanes of at least 4 members (excludes halogenated alkanes) is 10. The Hall–Kier alpha value is -0.770. The minimum absolute atomic E-state index is 0.0249. The summed E-state index contributed by atoms with van der Waals surface area (Å²) in [4.78, 5) is 11.4. The van der Waals surface area contributed by atoms with Gasteiger partial charge in [0.1, 0.15) is 12.2 Å². The highest BCUT2D eigenvalue weighted by Gasteiger charge is 2.35. The summed E-state index contributed by atoms with van der Waals surface area (Å²) in [5, 5.41) is 8.74. The summed E-state index contributed by atoms with van der Waals surface area (Å²) in [6.07, 6.45) is 15.5. The highest BCUT2D eigenvalue weighted by atomic mass is 16.8. The highest BCUT2D eigenvalue weighted by Crippen LogP contribution is 2.25. The van der Waals surface area contributed by atoms with E-state index in [9.17, 15) is 4.79 Å². The van der Waals surface area contributed by atoms with Crippen LogP contribution >= 0.6 is 0 Å². The zero-order valence-electron chi connectivity index (χ0n) is 14.9. The predicted octanol–water partition coefficient (Wildman–Crippen LogP) is 5.36. The van der Waals surface area contributed by atoms with Crippen molar-refractivity contribution < 1.29 is 19.4 Å². The van der Waals surface area contributed by atoms with Gasteiger partial charge in [0.25, 0.3) is 0 Å². The van der Waals surface area contributed by atoms with E-state index < -0.39 is 6.16 Å². The lowest BCUT2D eigenvalue weighted by Crippen LogP contribution is -2.22. The third-order valence-corrected chi connectivity index (χ3v) is 4.65. The van der Waals surface area contributed by atoms with Gasteiger partial charge in [-0.05, 0) is 32.1 Å². The van der Waals surface area contributed by atoms with Crippen LogP contribution in [0.2, 0.25) is 0 Å². The number of carbonyl (C=O) groups excluding carboxylic acids is 1. The molecule has 1 aliphatic heterocycles. The van der Waals surface area contributed by atoms with Gasteiger partial charge >= 0.3 is 6.16 Å². The van der Waals surface area contributed by atoms with E-state index in [-0.39, 0.29) is 12.2 Å². The average Bonchev–Trinajstić information content (AvgIpc) is 2.90. The Morgan fingerprint density at radius 1 is 0.739 bits per heavy atom. The maximum atomic E-state index is 11.4. The van der Waals surface area contributed by atoms with E-state index in [1.54, 1.807) is 0 Å². The number of hydrogen-bond donors (Lipinski definition) is 1. The fraction of sp³-hybridized carbons (Fsp3) is 0.947. The van der Waals surface area contributed by atoms with Crippen molar-refractivity contribution in [3.8, 4) is 0 Å². The van der Waals surface area contributed by atoms with Crippen molar-refractivity contribution in [1.82, 2.24) is 0 Å². The van der Waals surface area contributed by atoms with Gasteiger partial charge < -0.3 is 14.6 Å². The van der Waals surface area contributed by atoms with Crippen LogP contribution in [0.15, 0.2) is 0 Å². The first kappa shape index (κ1) is 20.3. The van der Waals surface area contributed by atoms with Crippen molar-refractivity contribution in [2.75, 3.05) is 6.61 Å². The number of cyclic esters (lactones) is 2. The molecule has 23 heavy (non-hydrogen) atoms. The van der Waals surface area contributed by atoms with E-state index >= 15 is 0 Å². The lowest BCUT2D eigenvalue weighted by molar-refractivity contribution is 0.114. The van der Waals surface area contributed by atoms with Crippen LogP contribution in [0.25, 0.3) is 0 Å². The van der Waals surface area contributed by atoms with Crippen molar-refractivity contribution in [1.29, 1.82) is 0 Å². The van der Waals surface area contributed by atoms with Crippen molar-refractivity contribution in [2.24, 2.45) is 0 Å². The first-order chi connectivity index (χ1) is 11.3. The molecule has 0 saturated carbocycles. The standard InChI is InChI=1S/C19H36O4/c1-2-3-4-5-8-11-14-17-18(23-19(21)22-17)15-12-9-6-7-10-13-16-20/h17-18,20H,2-16H2,1H3. The summed E-state index contributed by atoms with van der Waals surface area (Å²) >= 11 is 0. The maximum absolute atomic E-state index is 11.4. The normalized spacial score (nSPS) is 20.5. The molecule has 2 unspecified atom stereocenters. The minimum Gasteiger partial charge on any atom is -0.427 e. The van der Waals surface area contributed by atoms with Crippen molar-refractivity contribution in [2.45, 2.75) is 109 Å². The molecule has 0 aliphatic carbocycles. The van der Waals surface area contributed by atoms with Crippen LogP contribution in [0.5, 0.6) is 0 Å². The number of hydrogen-bond acceptors (Lipinski definition) is 4. The number of ether oxygens (including phenoxy) is 2. The molecule has 1 aliphatic rings. The van der Waals surface area contributed by atoms with Gasteiger partial charge in [-0.15, -0.1) is 0 Å². The Kier molecular flexibility index (Phi) is 12.0. The third kappa shape index (κ3) is 9.85. The van der Waals surface area contributed by atoms with Crippen molar-refractivity contribution in [3.63, 3.8) is 0 Å². The molecule has 4 heteroatoms. The molecular formula is C19H36O4. The van der Waals surface area contributed by atoms with Crippen LogP contribution in [0, 0.1) is 0 Å². The second-order valence-electron chi connectivity index (χ2n) is 6.75. The number of rotatable bonds is 15. The molecule has 2 atom stereocenters. The van der Waals surface area contributed by atoms with Gasteiger partial charge in [0, 0.05) is 6.61 Å². The molecule has 1 rings (SSSR count). The van der Waals surface area contributed by atoms with E-state index in [1.165, 1.54) is 51.4 Å². The molecule has 0 aromatic rings. The smallest absolute Gasteiger partial charge is 0.427 e. The second-order valence-corrected chi connectivity index (χ2v) is 6.75. The van der Waals surface area contributed by atoms with E-state index in [4.69, 9.17) is 14.6 Å². The quantitative estimate of drug-likeness (QED) is 0.324. The topological polar surface area (TPSA) is 55.8 Å². The number of aliphatic hydroxyl groups excluding tert-OH is 1. The Morgan fingerprint density at radius 3 is 1.65 bits per heavy atom. The zero-order valence-corrected chi connectivity index (χ0v) is 14.9. The molecule has 1 N–H and O–H groups in total. The Bertz CT molecular complexity index is 293. The summed E-state index contributed by atoms with van der Waals surface area (Å²) in [6.45, 7) is 2.53. The lowest BCUT2D eigenvalue weighted by atomic mass is 9.99. The molecule has 1 fully saturated rings. The van der Waals surface area contributed by atoms with Crippen molar-refractivity contribution in [3.05, 3.63) is 0 Å². The molecule has 1 heterocycles. The van der Waals surface area contributed by atoms with E-state index in [0.29, 0.717) is 6.61 Å². The Morgan fingerprint density at radius 2 is 1.17 bits per heavy atom. The molecule has 0 radical (unpaired) electrons. The first-order valence-electron chi connectivity index (χ1n) is 9.76. The van der Waals surface area contributed by atoms with E-state index in [2.05, 4.69) is 6.92 Å². The monoisotopic (exact) mass is 328 g/mol. The zero-order chi connectivity index (χ0) is 16.8. The molecule has 136 valence electrons. The van der Waals surface area contributed by atoms with Gasteiger partial charge in [0.2, 0.25) is 0 Å². The molecule has 4 nitrogen and oxygen atoms in total. The lowest BCUT2D eigenvalue weighted by Gasteiger charge is -2.15. The predicted molar refractivity (Wildman–Crippen MR) is 92.5 cm³/mol. The fourth-order valence-electron chi connectivity index (χ4n) is 3.21. The molecule has 0 aromatic heterocycles. The first-order valence-corrected chi connectivity index (χ1v) is 9.76. The van der Waals surface area contributed by atoms with Gasteiger partial charge in [-0.1, -0.05) is 64.7 Å². The summed E-state index contributed by atoms with van der Waals surface area (Å²) in [5.74, 6) is 0. The molecule has 0 aromatic carbocycles. The van der Waals surface area contributed by atoms with Gasteiger partial charge in [0.05, 0.1) is 0 Å². The van der Waals surface area contributed by atoms with Gasteiger partial charge in [0.15, 0.2) is 0 Å². The van der Waals surface area contributed by atoms with Crippen LogP contribution in [0.1, 0.15) is 96.8 Å². The second kappa shape index (κ2) is 13.6.